The molecule has 8 heteroatoms. The lowest BCUT2D eigenvalue weighted by molar-refractivity contribution is -0.136. The molecule has 2 unspecified atom stereocenters. The van der Waals surface area contributed by atoms with Crippen molar-refractivity contribution in [3.63, 3.8) is 0 Å². The molecule has 2 fully saturated rings. The van der Waals surface area contributed by atoms with Crippen LogP contribution in [0.2, 0.25) is 0 Å². The van der Waals surface area contributed by atoms with Crippen molar-refractivity contribution in [2.45, 2.75) is 45.2 Å². The number of hydrogen-bond donors (Lipinski definition) is 3. The van der Waals surface area contributed by atoms with Gasteiger partial charge < -0.3 is 15.5 Å². The van der Waals surface area contributed by atoms with Gasteiger partial charge in [-0.1, -0.05) is 13.0 Å². The molecule has 2 atom stereocenters. The molecule has 2 saturated heterocycles. The highest BCUT2D eigenvalue weighted by Crippen LogP contribution is 2.28. The number of hydrogen-bond acceptors (Lipinski definition) is 5. The second kappa shape index (κ2) is 7.59. The van der Waals surface area contributed by atoms with Gasteiger partial charge in [0.25, 0.3) is 11.8 Å². The summed E-state index contributed by atoms with van der Waals surface area (Å²) in [5.41, 5.74) is 1.71. The van der Waals surface area contributed by atoms with Crippen LogP contribution >= 0.6 is 0 Å². The molecule has 154 valence electrons. The minimum absolute atomic E-state index is 0.0308. The van der Waals surface area contributed by atoms with E-state index < -0.39 is 11.9 Å². The average molecular weight is 398 g/mol. The predicted molar refractivity (Wildman–Crippen MR) is 105 cm³/mol. The van der Waals surface area contributed by atoms with Gasteiger partial charge >= 0.3 is 0 Å². The molecule has 1 aromatic rings. The largest absolute Gasteiger partial charge is 0.351 e. The first-order chi connectivity index (χ1) is 13.9. The number of nitrogens with zero attached hydrogens (tertiary/aromatic N) is 1. The van der Waals surface area contributed by atoms with Crippen LogP contribution in [0.25, 0.3) is 0 Å². The van der Waals surface area contributed by atoms with Gasteiger partial charge in [-0.15, -0.1) is 0 Å². The highest BCUT2D eigenvalue weighted by Gasteiger charge is 2.39. The Hall–Kier alpha value is -2.74. The predicted octanol–water partition coefficient (Wildman–Crippen LogP) is 0.567. The number of carbonyl (C=O) groups excluding carboxylic acids is 4. The van der Waals surface area contributed by atoms with Gasteiger partial charge in [0, 0.05) is 37.2 Å². The zero-order valence-corrected chi connectivity index (χ0v) is 16.5. The SMILES string of the molecule is CC1(CNC(=O)c2ccc3c(c2)C(=O)N(C2CCC(=O)NC2=O)C3)CCCNC1. The van der Waals surface area contributed by atoms with Crippen molar-refractivity contribution in [1.82, 2.24) is 20.9 Å². The maximum Gasteiger partial charge on any atom is 0.255 e. The number of rotatable bonds is 4. The topological polar surface area (TPSA) is 108 Å². The Balaban J connectivity index is 1.44. The van der Waals surface area contributed by atoms with E-state index in [2.05, 4.69) is 22.9 Å². The fourth-order valence-electron chi connectivity index (χ4n) is 4.36. The number of amides is 4. The number of benzene rings is 1. The van der Waals surface area contributed by atoms with Gasteiger partial charge in [-0.05, 0) is 48.9 Å². The Morgan fingerprint density at radius 3 is 2.86 bits per heavy atom. The summed E-state index contributed by atoms with van der Waals surface area (Å²) in [6, 6.07) is 4.46. The third-order valence-corrected chi connectivity index (χ3v) is 6.15. The molecule has 4 amide bonds. The van der Waals surface area contributed by atoms with Crippen molar-refractivity contribution >= 4 is 23.6 Å². The molecule has 29 heavy (non-hydrogen) atoms. The Labute approximate surface area is 169 Å². The van der Waals surface area contributed by atoms with E-state index in [1.807, 2.05) is 0 Å². The van der Waals surface area contributed by atoms with Crippen molar-refractivity contribution in [1.29, 1.82) is 0 Å². The van der Waals surface area contributed by atoms with Crippen molar-refractivity contribution in [3.05, 3.63) is 34.9 Å². The Morgan fingerprint density at radius 1 is 1.31 bits per heavy atom. The van der Waals surface area contributed by atoms with Crippen LogP contribution in [-0.4, -0.2) is 54.2 Å². The molecule has 3 heterocycles. The molecule has 0 saturated carbocycles. The fraction of sp³-hybridized carbons (Fsp3) is 0.524. The minimum Gasteiger partial charge on any atom is -0.351 e. The highest BCUT2D eigenvalue weighted by atomic mass is 16.2. The molecular formula is C21H26N4O4. The standard InChI is InChI=1S/C21H26N4O4/c1-21(7-2-8-22-11-21)12-23-18(27)13-3-4-14-10-25(20(29)15(14)9-13)16-5-6-17(26)24-19(16)28/h3-4,9,16,22H,2,5-8,10-12H2,1H3,(H,23,27)(H,24,26,28). The van der Waals surface area contributed by atoms with Gasteiger partial charge in [0.15, 0.2) is 0 Å². The molecule has 3 aliphatic heterocycles. The van der Waals surface area contributed by atoms with Gasteiger partial charge in [0.1, 0.15) is 6.04 Å². The van der Waals surface area contributed by atoms with Crippen molar-refractivity contribution in [2.75, 3.05) is 19.6 Å². The summed E-state index contributed by atoms with van der Waals surface area (Å²) in [5.74, 6) is -1.22. The average Bonchev–Trinajstić information content (AvgIpc) is 3.03. The molecule has 0 spiro atoms. The van der Waals surface area contributed by atoms with Crippen LogP contribution in [0.5, 0.6) is 0 Å². The Bertz CT molecular complexity index is 875. The van der Waals surface area contributed by atoms with Crippen LogP contribution in [0.1, 0.15) is 58.9 Å². The molecule has 0 bridgehead atoms. The third-order valence-electron chi connectivity index (χ3n) is 6.15. The van der Waals surface area contributed by atoms with Crippen LogP contribution in [0.3, 0.4) is 0 Å². The van der Waals surface area contributed by atoms with Gasteiger partial charge in [0.2, 0.25) is 11.8 Å². The molecule has 3 N–H and O–H groups in total. The lowest BCUT2D eigenvalue weighted by Gasteiger charge is -2.34. The van der Waals surface area contributed by atoms with E-state index in [4.69, 9.17) is 0 Å². The highest BCUT2D eigenvalue weighted by molar-refractivity contribution is 6.06. The summed E-state index contributed by atoms with van der Waals surface area (Å²) in [6.45, 7) is 4.93. The maximum atomic E-state index is 12.9. The van der Waals surface area contributed by atoms with Gasteiger partial charge in [-0.3, -0.25) is 24.5 Å². The summed E-state index contributed by atoms with van der Waals surface area (Å²) in [4.78, 5) is 50.5. The normalized spacial score (nSPS) is 26.9. The van der Waals surface area contributed by atoms with Crippen molar-refractivity contribution in [3.8, 4) is 0 Å². The number of carbonyl (C=O) groups is 4. The monoisotopic (exact) mass is 398 g/mol. The first-order valence-corrected chi connectivity index (χ1v) is 10.1. The van der Waals surface area contributed by atoms with Crippen LogP contribution in [0.15, 0.2) is 18.2 Å². The van der Waals surface area contributed by atoms with Crippen LogP contribution < -0.4 is 16.0 Å². The second-order valence-electron chi connectivity index (χ2n) is 8.55. The quantitative estimate of drug-likeness (QED) is 0.643. The van der Waals surface area contributed by atoms with Crippen molar-refractivity contribution < 1.29 is 19.2 Å². The van der Waals surface area contributed by atoms with Crippen LogP contribution in [-0.2, 0) is 16.1 Å². The van der Waals surface area contributed by atoms with Crippen LogP contribution in [0, 0.1) is 5.41 Å². The maximum absolute atomic E-state index is 12.9. The molecule has 3 aliphatic rings. The zero-order valence-electron chi connectivity index (χ0n) is 16.5. The summed E-state index contributed by atoms with van der Waals surface area (Å²) in [7, 11) is 0. The number of fused-ring (bicyclic) bond motifs is 1. The third kappa shape index (κ3) is 3.89. The molecule has 8 nitrogen and oxygen atoms in total. The van der Waals surface area contributed by atoms with E-state index >= 15 is 0 Å². The second-order valence-corrected chi connectivity index (χ2v) is 8.55. The van der Waals surface area contributed by atoms with Gasteiger partial charge in [0.05, 0.1) is 0 Å². The summed E-state index contributed by atoms with van der Waals surface area (Å²) in [5, 5.41) is 8.66. The van der Waals surface area contributed by atoms with E-state index in [1.54, 1.807) is 18.2 Å². The van der Waals surface area contributed by atoms with E-state index in [-0.39, 0.29) is 29.6 Å². The van der Waals surface area contributed by atoms with E-state index in [1.165, 1.54) is 4.90 Å². The molecule has 0 aliphatic carbocycles. The van der Waals surface area contributed by atoms with Gasteiger partial charge in [-0.2, -0.15) is 0 Å². The van der Waals surface area contributed by atoms with Crippen molar-refractivity contribution in [2.24, 2.45) is 5.41 Å². The van der Waals surface area contributed by atoms with E-state index in [0.29, 0.717) is 30.6 Å². The molecule has 1 aromatic carbocycles. The minimum atomic E-state index is -0.649. The van der Waals surface area contributed by atoms with Crippen LogP contribution in [0.4, 0.5) is 0 Å². The smallest absolute Gasteiger partial charge is 0.255 e. The lowest BCUT2D eigenvalue weighted by Crippen LogP contribution is -2.52. The molecule has 4 rings (SSSR count). The first-order valence-electron chi connectivity index (χ1n) is 10.1. The molecule has 0 aromatic heterocycles. The van der Waals surface area contributed by atoms with Gasteiger partial charge in [-0.25, -0.2) is 0 Å². The Kier molecular flexibility index (Phi) is 5.12. The van der Waals surface area contributed by atoms with E-state index in [9.17, 15) is 19.2 Å². The first kappa shape index (κ1) is 19.6. The number of imide groups is 1. The number of nitrogens with one attached hydrogen (secondary N) is 3. The number of piperidine rings is 2. The fourth-order valence-corrected chi connectivity index (χ4v) is 4.36. The molecular weight excluding hydrogens is 372 g/mol. The Morgan fingerprint density at radius 2 is 2.14 bits per heavy atom. The molecule has 0 radical (unpaired) electrons. The summed E-state index contributed by atoms with van der Waals surface area (Å²) in [6.07, 6.45) is 2.70. The summed E-state index contributed by atoms with van der Waals surface area (Å²) < 4.78 is 0. The van der Waals surface area contributed by atoms with E-state index in [0.717, 1.165) is 31.5 Å². The summed E-state index contributed by atoms with van der Waals surface area (Å²) >= 11 is 0. The zero-order chi connectivity index (χ0) is 20.6. The lowest BCUT2D eigenvalue weighted by atomic mass is 9.83.